The Morgan fingerprint density at radius 1 is 1.15 bits per heavy atom. The van der Waals surface area contributed by atoms with E-state index in [0.29, 0.717) is 11.2 Å². The fourth-order valence-electron chi connectivity index (χ4n) is 2.76. The maximum absolute atomic E-state index is 12.9. The number of aromatic nitrogens is 1. The first-order chi connectivity index (χ1) is 12.5. The molecule has 0 aliphatic carbocycles. The van der Waals surface area contributed by atoms with Gasteiger partial charge in [0.15, 0.2) is 0 Å². The number of halogens is 1. The lowest BCUT2D eigenvalue weighted by atomic mass is 10.0. The molecule has 4 nitrogen and oxygen atoms in total. The van der Waals surface area contributed by atoms with Crippen LogP contribution in [0, 0.1) is 5.82 Å². The van der Waals surface area contributed by atoms with Gasteiger partial charge in [0.2, 0.25) is 11.5 Å². The van der Waals surface area contributed by atoms with Crippen molar-refractivity contribution in [3.8, 4) is 0 Å². The molecule has 2 N–H and O–H groups in total. The lowest BCUT2D eigenvalue weighted by Gasteiger charge is -2.09. The van der Waals surface area contributed by atoms with Crippen LogP contribution < -0.4 is 10.9 Å². The highest BCUT2D eigenvalue weighted by molar-refractivity contribution is 8.00. The Balaban J connectivity index is 1.71. The van der Waals surface area contributed by atoms with Crippen LogP contribution >= 0.6 is 11.8 Å². The van der Waals surface area contributed by atoms with Gasteiger partial charge in [0.25, 0.3) is 0 Å². The lowest BCUT2D eigenvalue weighted by molar-refractivity contribution is -0.113. The van der Waals surface area contributed by atoms with Gasteiger partial charge in [-0.25, -0.2) is 4.39 Å². The summed E-state index contributed by atoms with van der Waals surface area (Å²) in [6, 6.07) is 13.2. The number of thioether (sulfide) groups is 1. The molecule has 0 spiro atoms. The Labute approximate surface area is 154 Å². The van der Waals surface area contributed by atoms with Crippen molar-refractivity contribution in [2.75, 3.05) is 11.1 Å². The second-order valence-corrected chi connectivity index (χ2v) is 7.01. The Bertz CT molecular complexity index is 983. The smallest absolute Gasteiger partial charge is 0.248 e. The van der Waals surface area contributed by atoms with E-state index in [1.165, 1.54) is 23.9 Å². The number of rotatable bonds is 6. The number of carbonyl (C=O) groups excluding carboxylic acids is 1. The summed E-state index contributed by atoms with van der Waals surface area (Å²) >= 11 is 1.34. The molecule has 2 aromatic carbocycles. The second kappa shape index (κ2) is 8.19. The number of anilines is 1. The minimum atomic E-state index is -0.300. The van der Waals surface area contributed by atoms with E-state index in [0.717, 1.165) is 28.7 Å². The second-order valence-electron chi connectivity index (χ2n) is 5.96. The summed E-state index contributed by atoms with van der Waals surface area (Å²) < 4.78 is 12.9. The number of hydrogen-bond donors (Lipinski definition) is 2. The average Bonchev–Trinajstić information content (AvgIpc) is 2.61. The number of aromatic amines is 1. The zero-order valence-electron chi connectivity index (χ0n) is 14.3. The highest BCUT2D eigenvalue weighted by atomic mass is 32.2. The standard InChI is InChI=1S/C20H19FN2O2S/c1-2-3-13-10-19(24)23-18-11-15(6-9-17(13)18)22-20(25)12-26-16-7-4-14(21)5-8-16/h4-11H,2-3,12H2,1H3,(H,22,25)(H,23,24). The average molecular weight is 370 g/mol. The zero-order chi connectivity index (χ0) is 18.5. The third-order valence-corrected chi connectivity index (χ3v) is 4.93. The van der Waals surface area contributed by atoms with Crippen molar-refractivity contribution in [1.82, 2.24) is 4.98 Å². The molecular weight excluding hydrogens is 351 g/mol. The van der Waals surface area contributed by atoms with Crippen LogP contribution in [0.15, 0.2) is 58.2 Å². The molecule has 1 aromatic heterocycles. The van der Waals surface area contributed by atoms with Crippen LogP contribution in [-0.4, -0.2) is 16.6 Å². The highest BCUT2D eigenvalue weighted by Crippen LogP contribution is 2.22. The number of H-pyrrole nitrogens is 1. The van der Waals surface area contributed by atoms with Crippen molar-refractivity contribution >= 4 is 34.3 Å². The fraction of sp³-hybridized carbons (Fsp3) is 0.200. The molecular formula is C20H19FN2O2S. The summed E-state index contributed by atoms with van der Waals surface area (Å²) in [5, 5.41) is 3.82. The van der Waals surface area contributed by atoms with E-state index in [-0.39, 0.29) is 23.0 Å². The van der Waals surface area contributed by atoms with E-state index in [4.69, 9.17) is 0 Å². The van der Waals surface area contributed by atoms with E-state index < -0.39 is 0 Å². The predicted octanol–water partition coefficient (Wildman–Crippen LogP) is 4.35. The monoisotopic (exact) mass is 370 g/mol. The van der Waals surface area contributed by atoms with Crippen LogP contribution in [0.25, 0.3) is 10.9 Å². The molecule has 3 rings (SSSR count). The first-order valence-electron chi connectivity index (χ1n) is 8.39. The van der Waals surface area contributed by atoms with Gasteiger partial charge in [-0.2, -0.15) is 0 Å². The van der Waals surface area contributed by atoms with Crippen LogP contribution in [0.3, 0.4) is 0 Å². The minimum Gasteiger partial charge on any atom is -0.325 e. The first kappa shape index (κ1) is 18.2. The van der Waals surface area contributed by atoms with Crippen molar-refractivity contribution in [2.24, 2.45) is 0 Å². The van der Waals surface area contributed by atoms with Gasteiger partial charge in [-0.05, 0) is 48.4 Å². The van der Waals surface area contributed by atoms with E-state index in [2.05, 4.69) is 17.2 Å². The quantitative estimate of drug-likeness (QED) is 0.634. The summed E-state index contributed by atoms with van der Waals surface area (Å²) in [6.45, 7) is 2.07. The molecule has 0 saturated heterocycles. The van der Waals surface area contributed by atoms with Gasteiger partial charge in [-0.3, -0.25) is 9.59 Å². The molecule has 1 heterocycles. The summed E-state index contributed by atoms with van der Waals surface area (Å²) in [6.07, 6.45) is 1.79. The Morgan fingerprint density at radius 2 is 1.92 bits per heavy atom. The molecule has 0 saturated carbocycles. The molecule has 0 fully saturated rings. The highest BCUT2D eigenvalue weighted by Gasteiger charge is 2.07. The van der Waals surface area contributed by atoms with Crippen LogP contribution in [0.5, 0.6) is 0 Å². The molecule has 0 atom stereocenters. The van der Waals surface area contributed by atoms with Gasteiger partial charge >= 0.3 is 0 Å². The third kappa shape index (κ3) is 4.52. The van der Waals surface area contributed by atoms with E-state index in [9.17, 15) is 14.0 Å². The number of amides is 1. The van der Waals surface area contributed by atoms with Gasteiger partial charge in [0.1, 0.15) is 5.82 Å². The van der Waals surface area contributed by atoms with Crippen molar-refractivity contribution in [2.45, 2.75) is 24.7 Å². The maximum atomic E-state index is 12.9. The summed E-state index contributed by atoms with van der Waals surface area (Å²) in [5.74, 6) is -0.243. The number of fused-ring (bicyclic) bond motifs is 1. The molecule has 3 aromatic rings. The van der Waals surface area contributed by atoms with Gasteiger partial charge in [-0.15, -0.1) is 11.8 Å². The van der Waals surface area contributed by atoms with Crippen molar-refractivity contribution in [3.63, 3.8) is 0 Å². The van der Waals surface area contributed by atoms with Gasteiger partial charge in [0, 0.05) is 22.0 Å². The van der Waals surface area contributed by atoms with E-state index in [1.807, 2.05) is 12.1 Å². The third-order valence-electron chi connectivity index (χ3n) is 3.92. The SMILES string of the molecule is CCCc1cc(=O)[nH]c2cc(NC(=O)CSc3ccc(F)cc3)ccc12. The molecule has 0 bridgehead atoms. The van der Waals surface area contributed by atoms with Gasteiger partial charge in [-0.1, -0.05) is 19.4 Å². The number of nitrogens with one attached hydrogen (secondary N) is 2. The largest absolute Gasteiger partial charge is 0.325 e. The van der Waals surface area contributed by atoms with E-state index in [1.54, 1.807) is 24.3 Å². The normalized spacial score (nSPS) is 10.8. The predicted molar refractivity (Wildman–Crippen MR) is 104 cm³/mol. The minimum absolute atomic E-state index is 0.142. The van der Waals surface area contributed by atoms with Gasteiger partial charge < -0.3 is 10.3 Å². The fourth-order valence-corrected chi connectivity index (χ4v) is 3.46. The van der Waals surface area contributed by atoms with Crippen molar-refractivity contribution < 1.29 is 9.18 Å². The van der Waals surface area contributed by atoms with Crippen LogP contribution in [0.2, 0.25) is 0 Å². The van der Waals surface area contributed by atoms with Crippen molar-refractivity contribution in [1.29, 1.82) is 0 Å². The summed E-state index contributed by atoms with van der Waals surface area (Å²) in [4.78, 5) is 27.6. The molecule has 0 aliphatic heterocycles. The van der Waals surface area contributed by atoms with Crippen LogP contribution in [0.1, 0.15) is 18.9 Å². The van der Waals surface area contributed by atoms with Gasteiger partial charge in [0.05, 0.1) is 11.3 Å². The van der Waals surface area contributed by atoms with Crippen LogP contribution in [-0.2, 0) is 11.2 Å². The Kier molecular flexibility index (Phi) is 5.73. The molecule has 6 heteroatoms. The van der Waals surface area contributed by atoms with Crippen molar-refractivity contribution in [3.05, 3.63) is 70.3 Å². The maximum Gasteiger partial charge on any atom is 0.248 e. The first-order valence-corrected chi connectivity index (χ1v) is 9.38. The molecule has 0 radical (unpaired) electrons. The molecule has 1 amide bonds. The van der Waals surface area contributed by atoms with E-state index >= 15 is 0 Å². The number of aryl methyl sites for hydroxylation is 1. The molecule has 0 unspecified atom stereocenters. The number of benzene rings is 2. The number of pyridine rings is 1. The zero-order valence-corrected chi connectivity index (χ0v) is 15.2. The number of carbonyl (C=O) groups is 1. The lowest BCUT2D eigenvalue weighted by Crippen LogP contribution is -2.14. The van der Waals surface area contributed by atoms with Crippen LogP contribution in [0.4, 0.5) is 10.1 Å². The summed E-state index contributed by atoms with van der Waals surface area (Å²) in [5.41, 5.74) is 2.21. The topological polar surface area (TPSA) is 62.0 Å². The Hall–Kier alpha value is -2.60. The molecule has 0 aliphatic rings. The number of hydrogen-bond acceptors (Lipinski definition) is 3. The molecule has 26 heavy (non-hydrogen) atoms. The Morgan fingerprint density at radius 3 is 2.65 bits per heavy atom. The summed E-state index contributed by atoms with van der Waals surface area (Å²) in [7, 11) is 0. The molecule has 134 valence electrons.